The molecule has 5 aromatic heterocycles. The highest BCUT2D eigenvalue weighted by molar-refractivity contribution is 6.29. The van der Waals surface area contributed by atoms with Gasteiger partial charge >= 0.3 is 0 Å². The van der Waals surface area contributed by atoms with Crippen LogP contribution in [0.5, 0.6) is 0 Å². The van der Waals surface area contributed by atoms with Gasteiger partial charge in [-0.05, 0) is 77.9 Å². The molecule has 51 heavy (non-hydrogen) atoms. The van der Waals surface area contributed by atoms with Crippen LogP contribution in [0.1, 0.15) is 0 Å². The van der Waals surface area contributed by atoms with E-state index in [1.807, 2.05) is 24.3 Å². The van der Waals surface area contributed by atoms with Gasteiger partial charge in [-0.25, -0.2) is 9.97 Å². The van der Waals surface area contributed by atoms with Gasteiger partial charge in [0.15, 0.2) is 0 Å². The van der Waals surface area contributed by atoms with E-state index < -0.39 is 0 Å². The van der Waals surface area contributed by atoms with Gasteiger partial charge in [0.1, 0.15) is 0 Å². The minimum absolute atomic E-state index is 0.895. The summed E-state index contributed by atoms with van der Waals surface area (Å²) in [7, 11) is 0. The van der Waals surface area contributed by atoms with E-state index in [9.17, 15) is 0 Å². The van der Waals surface area contributed by atoms with Crippen LogP contribution in [0.25, 0.3) is 94.1 Å². The standard InChI is InChI=1S/C46H29N5/c1-2-8-35(9-3-1)51-42-13-7-5-11-37(42)45-43(51)19-18-38-44(45)36-10-4-6-12-39(36)50-46(38)33-16-14-30(15-17-33)34-28-40(31-20-24-47-25-21-31)49-41(29-34)32-22-26-48-27-23-32/h1-29H. The van der Waals surface area contributed by atoms with Crippen molar-refractivity contribution in [2.24, 2.45) is 0 Å². The third-order valence-electron chi connectivity index (χ3n) is 9.78. The zero-order chi connectivity index (χ0) is 33.7. The lowest BCUT2D eigenvalue weighted by molar-refractivity contribution is 1.18. The number of hydrogen-bond acceptors (Lipinski definition) is 4. The average molecular weight is 652 g/mol. The zero-order valence-corrected chi connectivity index (χ0v) is 27.5. The van der Waals surface area contributed by atoms with Crippen LogP contribution in [0.15, 0.2) is 176 Å². The molecule has 5 aromatic carbocycles. The van der Waals surface area contributed by atoms with Crippen molar-refractivity contribution in [1.29, 1.82) is 0 Å². The lowest BCUT2D eigenvalue weighted by Gasteiger charge is -2.14. The van der Waals surface area contributed by atoms with Gasteiger partial charge in [0.2, 0.25) is 0 Å². The molecule has 238 valence electrons. The molecule has 0 saturated carbocycles. The van der Waals surface area contributed by atoms with E-state index in [0.29, 0.717) is 0 Å². The summed E-state index contributed by atoms with van der Waals surface area (Å²) in [5.74, 6) is 0. The first kappa shape index (κ1) is 29.0. The summed E-state index contributed by atoms with van der Waals surface area (Å²) in [6.45, 7) is 0. The van der Waals surface area contributed by atoms with Crippen LogP contribution in [0.2, 0.25) is 0 Å². The predicted molar refractivity (Wildman–Crippen MR) is 209 cm³/mol. The van der Waals surface area contributed by atoms with Gasteiger partial charge in [0.25, 0.3) is 0 Å². The quantitative estimate of drug-likeness (QED) is 0.174. The molecular weight excluding hydrogens is 623 g/mol. The third-order valence-corrected chi connectivity index (χ3v) is 9.78. The third kappa shape index (κ3) is 4.86. The molecule has 0 atom stereocenters. The molecule has 0 aliphatic rings. The summed E-state index contributed by atoms with van der Waals surface area (Å²) in [5, 5.41) is 5.98. The number of aromatic nitrogens is 5. The van der Waals surface area contributed by atoms with Crippen LogP contribution in [0.3, 0.4) is 0 Å². The van der Waals surface area contributed by atoms with Crippen LogP contribution in [0, 0.1) is 0 Å². The maximum absolute atomic E-state index is 5.31. The second-order valence-electron chi connectivity index (χ2n) is 12.7. The van der Waals surface area contributed by atoms with Crippen molar-refractivity contribution in [2.75, 3.05) is 0 Å². The molecule has 5 heteroatoms. The van der Waals surface area contributed by atoms with Crippen molar-refractivity contribution >= 4 is 43.5 Å². The van der Waals surface area contributed by atoms with Crippen LogP contribution in [-0.2, 0) is 0 Å². The first-order chi connectivity index (χ1) is 25.3. The number of para-hydroxylation sites is 3. The van der Waals surface area contributed by atoms with Gasteiger partial charge in [-0.3, -0.25) is 9.97 Å². The number of hydrogen-bond donors (Lipinski definition) is 0. The molecule has 0 spiro atoms. The van der Waals surface area contributed by atoms with E-state index in [2.05, 4.69) is 142 Å². The maximum atomic E-state index is 5.31. The molecule has 10 rings (SSSR count). The van der Waals surface area contributed by atoms with Crippen molar-refractivity contribution in [2.45, 2.75) is 0 Å². The maximum Gasteiger partial charge on any atom is 0.0788 e. The fraction of sp³-hybridized carbons (Fsp3) is 0. The minimum atomic E-state index is 0.895. The van der Waals surface area contributed by atoms with Crippen LogP contribution < -0.4 is 0 Å². The number of fused-ring (bicyclic) bond motifs is 7. The SMILES string of the molecule is c1ccc(-n2c3ccccc3c3c4c(ccc32)c(-c2ccc(-c3cc(-c5ccncc5)nc(-c5ccncc5)c3)cc2)nc2ccccc24)cc1. The molecule has 0 amide bonds. The Morgan fingerprint density at radius 2 is 0.980 bits per heavy atom. The van der Waals surface area contributed by atoms with Crippen LogP contribution in [-0.4, -0.2) is 24.5 Å². The lowest BCUT2D eigenvalue weighted by atomic mass is 9.95. The fourth-order valence-electron chi connectivity index (χ4n) is 7.43. The predicted octanol–water partition coefficient (Wildman–Crippen LogP) is 11.3. The number of rotatable bonds is 5. The summed E-state index contributed by atoms with van der Waals surface area (Å²) < 4.78 is 2.38. The Labute approximate surface area is 294 Å². The highest BCUT2D eigenvalue weighted by Crippen LogP contribution is 2.42. The first-order valence-electron chi connectivity index (χ1n) is 17.0. The van der Waals surface area contributed by atoms with Crippen molar-refractivity contribution in [1.82, 2.24) is 24.5 Å². The van der Waals surface area contributed by atoms with E-state index >= 15 is 0 Å². The molecule has 0 fully saturated rings. The van der Waals surface area contributed by atoms with E-state index in [-0.39, 0.29) is 0 Å². The van der Waals surface area contributed by atoms with Gasteiger partial charge in [-0.15, -0.1) is 0 Å². The summed E-state index contributed by atoms with van der Waals surface area (Å²) >= 11 is 0. The minimum Gasteiger partial charge on any atom is -0.309 e. The second kappa shape index (κ2) is 11.9. The molecule has 5 nitrogen and oxygen atoms in total. The summed E-state index contributed by atoms with van der Waals surface area (Å²) in [6.07, 6.45) is 7.22. The number of nitrogens with zero attached hydrogens (tertiary/aromatic N) is 5. The number of pyridine rings is 4. The normalized spacial score (nSPS) is 11.5. The van der Waals surface area contributed by atoms with Crippen molar-refractivity contribution in [3.63, 3.8) is 0 Å². The Kier molecular flexibility index (Phi) is 6.74. The van der Waals surface area contributed by atoms with Crippen LogP contribution in [0.4, 0.5) is 0 Å². The van der Waals surface area contributed by atoms with E-state index in [1.165, 1.54) is 27.2 Å². The van der Waals surface area contributed by atoms with E-state index in [0.717, 1.165) is 66.9 Å². The van der Waals surface area contributed by atoms with Crippen molar-refractivity contribution in [3.8, 4) is 50.6 Å². The monoisotopic (exact) mass is 651 g/mol. The molecule has 0 N–H and O–H groups in total. The Hall–Kier alpha value is -6.98. The Morgan fingerprint density at radius 3 is 1.69 bits per heavy atom. The molecule has 0 aliphatic heterocycles. The lowest BCUT2D eigenvalue weighted by Crippen LogP contribution is -1.94. The molecule has 0 aliphatic carbocycles. The molecule has 0 radical (unpaired) electrons. The summed E-state index contributed by atoms with van der Waals surface area (Å²) in [4.78, 5) is 18.8. The highest BCUT2D eigenvalue weighted by Gasteiger charge is 2.19. The Balaban J connectivity index is 1.17. The Bertz CT molecular complexity index is 2820. The van der Waals surface area contributed by atoms with Gasteiger partial charge < -0.3 is 4.57 Å². The topological polar surface area (TPSA) is 56.5 Å². The smallest absolute Gasteiger partial charge is 0.0788 e. The van der Waals surface area contributed by atoms with Gasteiger partial charge in [0, 0.05) is 74.1 Å². The molecule has 0 saturated heterocycles. The van der Waals surface area contributed by atoms with E-state index in [1.54, 1.807) is 24.8 Å². The second-order valence-corrected chi connectivity index (χ2v) is 12.7. The van der Waals surface area contributed by atoms with Crippen molar-refractivity contribution < 1.29 is 0 Å². The van der Waals surface area contributed by atoms with Crippen molar-refractivity contribution in [3.05, 3.63) is 176 Å². The summed E-state index contributed by atoms with van der Waals surface area (Å²) in [5.41, 5.74) is 12.5. The van der Waals surface area contributed by atoms with E-state index in [4.69, 9.17) is 9.97 Å². The molecule has 5 heterocycles. The van der Waals surface area contributed by atoms with Gasteiger partial charge in [-0.1, -0.05) is 84.9 Å². The zero-order valence-electron chi connectivity index (χ0n) is 27.5. The highest BCUT2D eigenvalue weighted by atomic mass is 15.0. The first-order valence-corrected chi connectivity index (χ1v) is 17.0. The van der Waals surface area contributed by atoms with Gasteiger partial charge in [0.05, 0.1) is 33.6 Å². The number of benzene rings is 5. The molecule has 0 bridgehead atoms. The fourth-order valence-corrected chi connectivity index (χ4v) is 7.43. The molecular formula is C46H29N5. The largest absolute Gasteiger partial charge is 0.309 e. The summed E-state index contributed by atoms with van der Waals surface area (Å²) in [6, 6.07) is 53.4. The molecule has 10 aromatic rings. The Morgan fingerprint density at radius 1 is 0.373 bits per heavy atom. The van der Waals surface area contributed by atoms with Crippen LogP contribution >= 0.6 is 0 Å². The van der Waals surface area contributed by atoms with Gasteiger partial charge in [-0.2, -0.15) is 0 Å². The average Bonchev–Trinajstić information content (AvgIpc) is 3.56. The molecule has 0 unspecified atom stereocenters.